The van der Waals surface area contributed by atoms with Gasteiger partial charge in [0.05, 0.1) is 0 Å². The van der Waals surface area contributed by atoms with Crippen molar-refractivity contribution in [2.45, 2.75) is 44.7 Å². The van der Waals surface area contributed by atoms with Gasteiger partial charge in [0.15, 0.2) is 0 Å². The Hall–Kier alpha value is -0.930. The minimum absolute atomic E-state index is 0.174. The molecule has 1 aromatic rings. The number of Topliss-reactive ketones (excluding diaryl/α,β-unsaturated/α-hetero) is 1. The second-order valence-electron chi connectivity index (χ2n) is 5.88. The van der Waals surface area contributed by atoms with Crippen molar-refractivity contribution >= 4 is 17.4 Å². The molecule has 1 saturated carbocycles. The van der Waals surface area contributed by atoms with Crippen molar-refractivity contribution in [3.63, 3.8) is 0 Å². The third-order valence-electron chi connectivity index (χ3n) is 4.62. The van der Waals surface area contributed by atoms with Gasteiger partial charge in [-0.05, 0) is 44.4 Å². The molecule has 108 valence electrons. The summed E-state index contributed by atoms with van der Waals surface area (Å²) in [5, 5.41) is 0.426. The summed E-state index contributed by atoms with van der Waals surface area (Å²) in [5.41, 5.74) is 0.673. The molecular weight excluding hydrogens is 277 g/mol. The molecular formula is C16H19ClFNO. The van der Waals surface area contributed by atoms with Gasteiger partial charge in [0, 0.05) is 35.5 Å². The Balaban J connectivity index is 1.74. The summed E-state index contributed by atoms with van der Waals surface area (Å²) in [6, 6.07) is 5.15. The molecule has 3 rings (SSSR count). The molecule has 20 heavy (non-hydrogen) atoms. The Kier molecular flexibility index (Phi) is 4.08. The number of carbonyl (C=O) groups excluding carboxylic acids is 1. The standard InChI is InChI=1S/C16H19ClFNO/c17-12-7-6-11(14(18)9-12)10-19-8-2-4-15(19)13-3-1-5-16(13)20/h6-7,9,13,15H,1-5,8,10H2. The van der Waals surface area contributed by atoms with E-state index in [-0.39, 0.29) is 11.7 Å². The Morgan fingerprint density at radius 3 is 2.85 bits per heavy atom. The van der Waals surface area contributed by atoms with E-state index in [4.69, 9.17) is 11.6 Å². The third-order valence-corrected chi connectivity index (χ3v) is 4.85. The summed E-state index contributed by atoms with van der Waals surface area (Å²) >= 11 is 5.79. The van der Waals surface area contributed by atoms with E-state index in [0.29, 0.717) is 29.0 Å². The monoisotopic (exact) mass is 295 g/mol. The molecule has 2 atom stereocenters. The van der Waals surface area contributed by atoms with Gasteiger partial charge in [-0.3, -0.25) is 9.69 Å². The number of nitrogens with zero attached hydrogens (tertiary/aromatic N) is 1. The number of carbonyl (C=O) groups is 1. The highest BCUT2D eigenvalue weighted by Gasteiger charge is 2.38. The quantitative estimate of drug-likeness (QED) is 0.845. The van der Waals surface area contributed by atoms with Crippen LogP contribution < -0.4 is 0 Å². The molecule has 0 aromatic heterocycles. The van der Waals surface area contributed by atoms with Crippen molar-refractivity contribution in [2.75, 3.05) is 6.54 Å². The van der Waals surface area contributed by atoms with Crippen molar-refractivity contribution in [1.82, 2.24) is 4.90 Å². The van der Waals surface area contributed by atoms with Gasteiger partial charge in [-0.1, -0.05) is 17.7 Å². The van der Waals surface area contributed by atoms with Crippen LogP contribution in [0.4, 0.5) is 4.39 Å². The lowest BCUT2D eigenvalue weighted by Gasteiger charge is -2.28. The van der Waals surface area contributed by atoms with Crippen molar-refractivity contribution in [1.29, 1.82) is 0 Å². The van der Waals surface area contributed by atoms with E-state index in [0.717, 1.165) is 38.6 Å². The van der Waals surface area contributed by atoms with Crippen LogP contribution in [0, 0.1) is 11.7 Å². The van der Waals surface area contributed by atoms with Crippen molar-refractivity contribution in [3.05, 3.63) is 34.6 Å². The average molecular weight is 296 g/mol. The van der Waals surface area contributed by atoms with Gasteiger partial charge >= 0.3 is 0 Å². The van der Waals surface area contributed by atoms with Crippen LogP contribution in [0.25, 0.3) is 0 Å². The molecule has 1 aliphatic heterocycles. The van der Waals surface area contributed by atoms with Gasteiger partial charge in [0.25, 0.3) is 0 Å². The molecule has 1 heterocycles. The van der Waals surface area contributed by atoms with Crippen molar-refractivity contribution in [2.24, 2.45) is 5.92 Å². The first-order valence-corrected chi connectivity index (χ1v) is 7.73. The molecule has 0 N–H and O–H groups in total. The van der Waals surface area contributed by atoms with E-state index in [1.807, 2.05) is 0 Å². The van der Waals surface area contributed by atoms with Crippen LogP contribution >= 0.6 is 11.6 Å². The fourth-order valence-electron chi connectivity index (χ4n) is 3.62. The number of halogens is 2. The van der Waals surface area contributed by atoms with Gasteiger partial charge < -0.3 is 0 Å². The summed E-state index contributed by atoms with van der Waals surface area (Å²) < 4.78 is 13.9. The molecule has 1 aliphatic carbocycles. The normalized spacial score (nSPS) is 27.4. The van der Waals surface area contributed by atoms with Gasteiger partial charge in [0.1, 0.15) is 11.6 Å². The highest BCUT2D eigenvalue weighted by atomic mass is 35.5. The summed E-state index contributed by atoms with van der Waals surface area (Å²) in [7, 11) is 0. The fraction of sp³-hybridized carbons (Fsp3) is 0.562. The molecule has 0 bridgehead atoms. The van der Waals surface area contributed by atoms with Crippen LogP contribution in [0.3, 0.4) is 0 Å². The predicted octanol–water partition coefficient (Wildman–Crippen LogP) is 3.81. The van der Waals surface area contributed by atoms with Gasteiger partial charge in [-0.2, -0.15) is 0 Å². The number of benzene rings is 1. The molecule has 1 saturated heterocycles. The van der Waals surface area contributed by atoms with Crippen LogP contribution in [0.5, 0.6) is 0 Å². The van der Waals surface area contributed by atoms with E-state index in [1.54, 1.807) is 12.1 Å². The highest BCUT2D eigenvalue weighted by Crippen LogP contribution is 2.34. The topological polar surface area (TPSA) is 20.3 Å². The first-order chi connectivity index (χ1) is 9.65. The van der Waals surface area contributed by atoms with Gasteiger partial charge in [0.2, 0.25) is 0 Å². The van der Waals surface area contributed by atoms with Crippen LogP contribution in [-0.2, 0) is 11.3 Å². The fourth-order valence-corrected chi connectivity index (χ4v) is 3.78. The number of likely N-dealkylation sites (tertiary alicyclic amines) is 1. The SMILES string of the molecule is O=C1CCCC1C1CCCN1Cc1ccc(Cl)cc1F. The average Bonchev–Trinajstić information content (AvgIpc) is 3.01. The number of hydrogen-bond donors (Lipinski definition) is 0. The van der Waals surface area contributed by atoms with Crippen molar-refractivity contribution in [3.8, 4) is 0 Å². The van der Waals surface area contributed by atoms with E-state index < -0.39 is 0 Å². The van der Waals surface area contributed by atoms with E-state index in [9.17, 15) is 9.18 Å². The first kappa shape index (κ1) is 14.0. The molecule has 2 nitrogen and oxygen atoms in total. The van der Waals surface area contributed by atoms with Gasteiger partial charge in [-0.25, -0.2) is 4.39 Å². The lowest BCUT2D eigenvalue weighted by atomic mass is 9.95. The Morgan fingerprint density at radius 1 is 1.30 bits per heavy atom. The van der Waals surface area contributed by atoms with Crippen LogP contribution in [0.1, 0.15) is 37.7 Å². The summed E-state index contributed by atoms with van der Waals surface area (Å²) in [6.45, 7) is 1.54. The zero-order chi connectivity index (χ0) is 14.1. The molecule has 0 radical (unpaired) electrons. The molecule has 2 aliphatic rings. The number of ketones is 1. The van der Waals surface area contributed by atoms with E-state index >= 15 is 0 Å². The molecule has 4 heteroatoms. The smallest absolute Gasteiger partial charge is 0.137 e. The molecule has 0 amide bonds. The first-order valence-electron chi connectivity index (χ1n) is 7.36. The molecule has 2 unspecified atom stereocenters. The third kappa shape index (κ3) is 2.75. The largest absolute Gasteiger partial charge is 0.299 e. The van der Waals surface area contributed by atoms with E-state index in [2.05, 4.69) is 4.90 Å². The number of hydrogen-bond acceptors (Lipinski definition) is 2. The zero-order valence-electron chi connectivity index (χ0n) is 11.4. The maximum atomic E-state index is 13.9. The summed E-state index contributed by atoms with van der Waals surface area (Å²) in [4.78, 5) is 14.2. The second-order valence-corrected chi connectivity index (χ2v) is 6.32. The molecule has 0 spiro atoms. The highest BCUT2D eigenvalue weighted by molar-refractivity contribution is 6.30. The van der Waals surface area contributed by atoms with Crippen LogP contribution in [-0.4, -0.2) is 23.3 Å². The lowest BCUT2D eigenvalue weighted by molar-refractivity contribution is -0.122. The minimum atomic E-state index is -0.249. The Bertz CT molecular complexity index is 519. The minimum Gasteiger partial charge on any atom is -0.299 e. The van der Waals surface area contributed by atoms with E-state index in [1.165, 1.54) is 6.07 Å². The summed E-state index contributed by atoms with van der Waals surface area (Å²) in [5.74, 6) is 0.326. The van der Waals surface area contributed by atoms with Crippen LogP contribution in [0.2, 0.25) is 5.02 Å². The lowest BCUT2D eigenvalue weighted by Crippen LogP contribution is -2.37. The molecule has 2 fully saturated rings. The summed E-state index contributed by atoms with van der Waals surface area (Å²) in [6.07, 6.45) is 4.91. The maximum Gasteiger partial charge on any atom is 0.137 e. The zero-order valence-corrected chi connectivity index (χ0v) is 12.2. The number of rotatable bonds is 3. The molecule has 1 aromatic carbocycles. The Labute approximate surface area is 123 Å². The second kappa shape index (κ2) is 5.82. The van der Waals surface area contributed by atoms with Crippen LogP contribution in [0.15, 0.2) is 18.2 Å². The van der Waals surface area contributed by atoms with Crippen molar-refractivity contribution < 1.29 is 9.18 Å². The Morgan fingerprint density at radius 2 is 2.15 bits per heavy atom. The maximum absolute atomic E-state index is 13.9. The van der Waals surface area contributed by atoms with Gasteiger partial charge in [-0.15, -0.1) is 0 Å². The predicted molar refractivity (Wildman–Crippen MR) is 77.2 cm³/mol.